The van der Waals surface area contributed by atoms with Gasteiger partial charge in [-0.1, -0.05) is 113 Å². The Hall–Kier alpha value is -5.34. The minimum absolute atomic E-state index is 0.150. The summed E-state index contributed by atoms with van der Waals surface area (Å²) in [6.07, 6.45) is 0. The molecule has 0 fully saturated rings. The molecule has 6 aromatic rings. The molecule has 2 heteroatoms. The molecule has 0 heterocycles. The zero-order valence-electron chi connectivity index (χ0n) is 26.9. The Morgan fingerprint density at radius 2 is 0.609 bits per heavy atom. The van der Waals surface area contributed by atoms with Crippen molar-refractivity contribution in [1.82, 2.24) is 0 Å². The molecule has 0 unspecified atom stereocenters. The van der Waals surface area contributed by atoms with E-state index in [1.165, 1.54) is 44.8 Å². The quantitative estimate of drug-likeness (QED) is 0.189. The van der Waals surface area contributed by atoms with Crippen LogP contribution in [-0.4, -0.2) is 0 Å². The van der Waals surface area contributed by atoms with E-state index in [1.54, 1.807) is 0 Å². The highest BCUT2D eigenvalue weighted by Crippen LogP contribution is 2.63. The number of allylic oxidation sites excluding steroid dienone is 2. The summed E-state index contributed by atoms with van der Waals surface area (Å²) in [4.78, 5) is 4.74. The van der Waals surface area contributed by atoms with Crippen LogP contribution in [0.1, 0.15) is 49.9 Å². The minimum Gasteiger partial charge on any atom is -0.310 e. The van der Waals surface area contributed by atoms with Gasteiger partial charge in [0.25, 0.3) is 0 Å². The van der Waals surface area contributed by atoms with Gasteiger partial charge in [0.2, 0.25) is 0 Å². The van der Waals surface area contributed by atoms with Crippen LogP contribution in [0.4, 0.5) is 34.1 Å². The molecule has 2 aliphatic rings. The van der Waals surface area contributed by atoms with Gasteiger partial charge in [-0.2, -0.15) is 0 Å². The lowest BCUT2D eigenvalue weighted by Gasteiger charge is -2.32. The fraction of sp³-hybridized carbons (Fsp3) is 0.136. The molecule has 0 aliphatic heterocycles. The Morgan fingerprint density at radius 3 is 0.891 bits per heavy atom. The standard InChI is InChI=1S/C44H38N2/c1-43(2)39-29-35(45(31-17-9-5-10-18-31)32-19-11-6-12-20-32)25-27-37(39)42-41(43)38-28-26-36(30-40(38)44(42,3)4)46(33-21-13-7-14-22-33)34-23-15-8-16-24-34/h5-30H,1-4H3. The van der Waals surface area contributed by atoms with Crippen molar-refractivity contribution in [3.8, 4) is 0 Å². The van der Waals surface area contributed by atoms with Crippen molar-refractivity contribution in [2.24, 2.45) is 0 Å². The summed E-state index contributed by atoms with van der Waals surface area (Å²) in [5.74, 6) is 0. The molecule has 0 saturated carbocycles. The third kappa shape index (κ3) is 4.32. The summed E-state index contributed by atoms with van der Waals surface area (Å²) in [7, 11) is 0. The van der Waals surface area contributed by atoms with E-state index < -0.39 is 0 Å². The smallest absolute Gasteiger partial charge is 0.0465 e. The molecule has 8 rings (SSSR count). The molecule has 0 radical (unpaired) electrons. The van der Waals surface area contributed by atoms with Crippen LogP contribution in [-0.2, 0) is 10.8 Å². The molecule has 0 saturated heterocycles. The maximum Gasteiger partial charge on any atom is 0.0465 e. The van der Waals surface area contributed by atoms with Gasteiger partial charge in [-0.3, -0.25) is 0 Å². The minimum atomic E-state index is -0.150. The lowest BCUT2D eigenvalue weighted by atomic mass is 9.75. The fourth-order valence-electron chi connectivity index (χ4n) is 7.85. The summed E-state index contributed by atoms with van der Waals surface area (Å²) in [5, 5.41) is 0. The van der Waals surface area contributed by atoms with Crippen LogP contribution >= 0.6 is 0 Å². The van der Waals surface area contributed by atoms with Gasteiger partial charge >= 0.3 is 0 Å². The van der Waals surface area contributed by atoms with Crippen molar-refractivity contribution in [1.29, 1.82) is 0 Å². The first-order valence-electron chi connectivity index (χ1n) is 16.2. The second-order valence-electron chi connectivity index (χ2n) is 13.5. The second kappa shape index (κ2) is 10.6. The Balaban J connectivity index is 1.24. The lowest BCUT2D eigenvalue weighted by molar-refractivity contribution is 0.694. The fourth-order valence-corrected chi connectivity index (χ4v) is 7.85. The molecular formula is C44H38N2. The van der Waals surface area contributed by atoms with Gasteiger partial charge in [0.1, 0.15) is 0 Å². The van der Waals surface area contributed by atoms with Gasteiger partial charge in [0.05, 0.1) is 0 Å². The Kier molecular flexibility index (Phi) is 6.51. The normalized spacial score (nSPS) is 15.2. The summed E-state index contributed by atoms with van der Waals surface area (Å²) in [5.41, 5.74) is 15.1. The molecule has 0 N–H and O–H groups in total. The van der Waals surface area contributed by atoms with E-state index in [-0.39, 0.29) is 10.8 Å². The van der Waals surface area contributed by atoms with Gasteiger partial charge in [0, 0.05) is 45.0 Å². The first kappa shape index (κ1) is 28.2. The SMILES string of the molecule is CC1(C)C2=C(c3ccc(N(c4ccccc4)c4ccccc4)cc31)C(C)(C)c1cc(N(c3ccccc3)c3ccccc3)ccc12. The van der Waals surface area contributed by atoms with Gasteiger partial charge < -0.3 is 9.80 Å². The van der Waals surface area contributed by atoms with Crippen molar-refractivity contribution < 1.29 is 0 Å². The van der Waals surface area contributed by atoms with Gasteiger partial charge in [0.15, 0.2) is 0 Å². The second-order valence-corrected chi connectivity index (χ2v) is 13.5. The molecule has 6 aromatic carbocycles. The molecule has 0 bridgehead atoms. The first-order chi connectivity index (χ1) is 22.4. The van der Waals surface area contributed by atoms with Crippen molar-refractivity contribution in [3.05, 3.63) is 180 Å². The van der Waals surface area contributed by atoms with Crippen LogP contribution in [0.5, 0.6) is 0 Å². The van der Waals surface area contributed by atoms with E-state index in [0.717, 1.165) is 22.7 Å². The van der Waals surface area contributed by atoms with Gasteiger partial charge in [-0.15, -0.1) is 0 Å². The van der Waals surface area contributed by atoms with Crippen LogP contribution < -0.4 is 9.80 Å². The Labute approximate surface area is 272 Å². The lowest BCUT2D eigenvalue weighted by Crippen LogP contribution is -2.20. The third-order valence-electron chi connectivity index (χ3n) is 9.97. The predicted molar refractivity (Wildman–Crippen MR) is 195 cm³/mol. The number of hydrogen-bond acceptors (Lipinski definition) is 2. The average molecular weight is 595 g/mol. The maximum absolute atomic E-state index is 2.43. The van der Waals surface area contributed by atoms with Crippen LogP contribution in [0.25, 0.3) is 11.1 Å². The van der Waals surface area contributed by atoms with E-state index in [2.05, 4.69) is 195 Å². The van der Waals surface area contributed by atoms with Crippen LogP contribution in [0.3, 0.4) is 0 Å². The average Bonchev–Trinajstić information content (AvgIpc) is 3.48. The zero-order valence-corrected chi connectivity index (χ0v) is 26.9. The highest BCUT2D eigenvalue weighted by Gasteiger charge is 2.50. The van der Waals surface area contributed by atoms with E-state index in [1.807, 2.05) is 0 Å². The largest absolute Gasteiger partial charge is 0.310 e. The number of benzene rings is 6. The topological polar surface area (TPSA) is 6.48 Å². The monoisotopic (exact) mass is 594 g/mol. The Morgan fingerprint density at radius 1 is 0.326 bits per heavy atom. The van der Waals surface area contributed by atoms with Crippen molar-refractivity contribution in [2.45, 2.75) is 38.5 Å². The highest BCUT2D eigenvalue weighted by atomic mass is 15.1. The summed E-state index contributed by atoms with van der Waals surface area (Å²) >= 11 is 0. The number of hydrogen-bond donors (Lipinski definition) is 0. The number of anilines is 6. The molecule has 46 heavy (non-hydrogen) atoms. The summed E-state index contributed by atoms with van der Waals surface area (Å²) in [6.45, 7) is 9.64. The number of para-hydroxylation sites is 4. The number of fused-ring (bicyclic) bond motifs is 4. The van der Waals surface area contributed by atoms with Gasteiger partial charge in [-0.05, 0) is 106 Å². The molecule has 2 aliphatic carbocycles. The number of rotatable bonds is 6. The van der Waals surface area contributed by atoms with E-state index in [9.17, 15) is 0 Å². The predicted octanol–water partition coefficient (Wildman–Crippen LogP) is 12.1. The van der Waals surface area contributed by atoms with E-state index >= 15 is 0 Å². The van der Waals surface area contributed by atoms with Gasteiger partial charge in [-0.25, -0.2) is 0 Å². The Bertz CT molecular complexity index is 1840. The van der Waals surface area contributed by atoms with E-state index in [4.69, 9.17) is 0 Å². The molecule has 224 valence electrons. The van der Waals surface area contributed by atoms with Crippen molar-refractivity contribution in [2.75, 3.05) is 9.80 Å². The number of nitrogens with zero attached hydrogens (tertiary/aromatic N) is 2. The molecular weight excluding hydrogens is 556 g/mol. The van der Waals surface area contributed by atoms with E-state index in [0.29, 0.717) is 0 Å². The highest BCUT2D eigenvalue weighted by molar-refractivity contribution is 6.10. The summed E-state index contributed by atoms with van der Waals surface area (Å²) in [6, 6.07) is 57.0. The maximum atomic E-state index is 2.43. The van der Waals surface area contributed by atoms with Crippen LogP contribution in [0.15, 0.2) is 158 Å². The molecule has 0 spiro atoms. The molecule has 0 aromatic heterocycles. The zero-order chi connectivity index (χ0) is 31.5. The molecule has 0 atom stereocenters. The van der Waals surface area contributed by atoms with Crippen LogP contribution in [0.2, 0.25) is 0 Å². The molecule has 0 amide bonds. The molecule has 2 nitrogen and oxygen atoms in total. The van der Waals surface area contributed by atoms with Crippen LogP contribution in [0, 0.1) is 0 Å². The summed E-state index contributed by atoms with van der Waals surface area (Å²) < 4.78 is 0. The first-order valence-corrected chi connectivity index (χ1v) is 16.2. The van der Waals surface area contributed by atoms with Crippen molar-refractivity contribution >= 4 is 45.3 Å². The van der Waals surface area contributed by atoms with Crippen molar-refractivity contribution in [3.63, 3.8) is 0 Å². The third-order valence-corrected chi connectivity index (χ3v) is 9.97.